The van der Waals surface area contributed by atoms with Crippen molar-refractivity contribution in [2.45, 2.75) is 13.0 Å². The first-order valence-electron chi connectivity index (χ1n) is 4.92. The summed E-state index contributed by atoms with van der Waals surface area (Å²) in [7, 11) is 0. The second-order valence-corrected chi connectivity index (χ2v) is 3.56. The number of hydrogen-bond acceptors (Lipinski definition) is 4. The van der Waals surface area contributed by atoms with Crippen molar-refractivity contribution in [2.24, 2.45) is 0 Å². The fourth-order valence-corrected chi connectivity index (χ4v) is 1.32. The van der Waals surface area contributed by atoms with Gasteiger partial charge in [0.15, 0.2) is 0 Å². The van der Waals surface area contributed by atoms with E-state index in [1.54, 1.807) is 18.2 Å². The van der Waals surface area contributed by atoms with Gasteiger partial charge in [0.05, 0.1) is 0 Å². The topological polar surface area (TPSA) is 108 Å². The monoisotopic (exact) mass is 234 g/mol. The van der Waals surface area contributed by atoms with Gasteiger partial charge < -0.3 is 10.4 Å². The molecule has 0 bridgehead atoms. The molecule has 2 aromatic rings. The molecule has 7 heteroatoms. The maximum Gasteiger partial charge on any atom is 0.325 e. The molecule has 88 valence electrons. The average molecular weight is 234 g/mol. The Bertz CT molecular complexity index is 578. The number of fused-ring (bicyclic) bond motifs is 1. The van der Waals surface area contributed by atoms with Crippen LogP contribution in [0.2, 0.25) is 0 Å². The lowest BCUT2D eigenvalue weighted by atomic mass is 10.2. The molecule has 0 aliphatic heterocycles. The number of hydrogen-bond donors (Lipinski definition) is 3. The maximum atomic E-state index is 11.7. The van der Waals surface area contributed by atoms with Crippen LogP contribution in [0.5, 0.6) is 0 Å². The molecule has 3 N–H and O–H groups in total. The number of carbonyl (C=O) groups is 2. The number of aliphatic carboxylic acids is 1. The summed E-state index contributed by atoms with van der Waals surface area (Å²) in [4.78, 5) is 22.3. The fraction of sp³-hybridized carbons (Fsp3) is 0.200. The van der Waals surface area contributed by atoms with Crippen LogP contribution in [-0.4, -0.2) is 38.4 Å². The third-order valence-corrected chi connectivity index (χ3v) is 2.30. The molecule has 0 aliphatic carbocycles. The molecular weight excluding hydrogens is 224 g/mol. The van der Waals surface area contributed by atoms with Crippen molar-refractivity contribution in [3.8, 4) is 0 Å². The Morgan fingerprint density at radius 2 is 2.06 bits per heavy atom. The van der Waals surface area contributed by atoms with Crippen LogP contribution in [0.3, 0.4) is 0 Å². The molecular formula is C10H10N4O3. The molecule has 7 nitrogen and oxygen atoms in total. The Morgan fingerprint density at radius 3 is 2.76 bits per heavy atom. The molecule has 0 saturated heterocycles. The Morgan fingerprint density at radius 1 is 1.35 bits per heavy atom. The van der Waals surface area contributed by atoms with Crippen molar-refractivity contribution in [3.63, 3.8) is 0 Å². The van der Waals surface area contributed by atoms with E-state index in [9.17, 15) is 9.59 Å². The van der Waals surface area contributed by atoms with Gasteiger partial charge >= 0.3 is 5.97 Å². The molecule has 1 atom stereocenters. The highest BCUT2D eigenvalue weighted by Crippen LogP contribution is 2.10. The van der Waals surface area contributed by atoms with Crippen LogP contribution in [-0.2, 0) is 4.79 Å². The number of nitrogens with zero attached hydrogens (tertiary/aromatic N) is 2. The van der Waals surface area contributed by atoms with Crippen molar-refractivity contribution >= 4 is 22.9 Å². The lowest BCUT2D eigenvalue weighted by Gasteiger charge is -2.08. The Kier molecular flexibility index (Phi) is 2.73. The van der Waals surface area contributed by atoms with Gasteiger partial charge in [0.2, 0.25) is 0 Å². The molecule has 1 aromatic heterocycles. The van der Waals surface area contributed by atoms with Gasteiger partial charge in [-0.2, -0.15) is 15.4 Å². The van der Waals surface area contributed by atoms with Crippen LogP contribution >= 0.6 is 0 Å². The molecule has 0 unspecified atom stereocenters. The number of H-pyrrole nitrogens is 1. The van der Waals surface area contributed by atoms with Gasteiger partial charge in [-0.3, -0.25) is 9.59 Å². The molecule has 0 fully saturated rings. The molecule has 0 aliphatic rings. The minimum atomic E-state index is -1.08. The summed E-state index contributed by atoms with van der Waals surface area (Å²) >= 11 is 0. The lowest BCUT2D eigenvalue weighted by molar-refractivity contribution is -0.138. The van der Waals surface area contributed by atoms with E-state index in [1.165, 1.54) is 6.92 Å². The largest absolute Gasteiger partial charge is 0.480 e. The number of benzene rings is 1. The number of carboxylic acid groups (broad SMARTS) is 1. The molecule has 1 aromatic carbocycles. The van der Waals surface area contributed by atoms with E-state index >= 15 is 0 Å². The summed E-state index contributed by atoms with van der Waals surface area (Å²) in [5.74, 6) is -1.54. The summed E-state index contributed by atoms with van der Waals surface area (Å²) in [5.41, 5.74) is 1.55. The van der Waals surface area contributed by atoms with Gasteiger partial charge in [-0.25, -0.2) is 0 Å². The number of nitrogens with one attached hydrogen (secondary N) is 2. The van der Waals surface area contributed by atoms with Crippen LogP contribution in [0.15, 0.2) is 18.2 Å². The number of carbonyl (C=O) groups excluding carboxylic acids is 1. The Balaban J connectivity index is 2.21. The Labute approximate surface area is 95.8 Å². The van der Waals surface area contributed by atoms with Crippen molar-refractivity contribution in [3.05, 3.63) is 23.8 Å². The van der Waals surface area contributed by atoms with E-state index in [1.807, 2.05) is 0 Å². The highest BCUT2D eigenvalue weighted by Gasteiger charge is 2.15. The smallest absolute Gasteiger partial charge is 0.325 e. The number of carboxylic acids is 1. The number of amides is 1. The zero-order valence-corrected chi connectivity index (χ0v) is 8.97. The minimum absolute atomic E-state index is 0.347. The van der Waals surface area contributed by atoms with E-state index in [4.69, 9.17) is 5.11 Å². The normalized spacial score (nSPS) is 12.3. The zero-order valence-electron chi connectivity index (χ0n) is 8.97. The molecule has 0 spiro atoms. The van der Waals surface area contributed by atoms with Crippen LogP contribution in [0, 0.1) is 0 Å². The first kappa shape index (κ1) is 11.1. The van der Waals surface area contributed by atoms with Crippen LogP contribution in [0.1, 0.15) is 17.3 Å². The fourth-order valence-electron chi connectivity index (χ4n) is 1.32. The minimum Gasteiger partial charge on any atom is -0.480 e. The first-order valence-corrected chi connectivity index (χ1v) is 4.92. The maximum absolute atomic E-state index is 11.7. The second kappa shape index (κ2) is 4.20. The Hall–Kier alpha value is -2.44. The number of aromatic amines is 1. The van der Waals surface area contributed by atoms with Crippen molar-refractivity contribution < 1.29 is 14.7 Å². The third-order valence-electron chi connectivity index (χ3n) is 2.30. The summed E-state index contributed by atoms with van der Waals surface area (Å²) in [6.07, 6.45) is 0. The molecule has 1 heterocycles. The molecule has 0 radical (unpaired) electrons. The standard InChI is InChI=1S/C10H10N4O3/c1-5(10(16)17)11-9(15)6-2-3-7-8(4-6)13-14-12-7/h2-5H,1H3,(H,11,15)(H,16,17)(H,12,13,14)/t5-/m1/s1. The predicted octanol–water partition coefficient (Wildman–Crippen LogP) is 0.161. The van der Waals surface area contributed by atoms with Gasteiger partial charge in [-0.1, -0.05) is 0 Å². The van der Waals surface area contributed by atoms with Gasteiger partial charge in [0.1, 0.15) is 17.1 Å². The van der Waals surface area contributed by atoms with E-state index in [2.05, 4.69) is 20.7 Å². The predicted molar refractivity (Wildman–Crippen MR) is 58.5 cm³/mol. The molecule has 2 rings (SSSR count). The summed E-state index contributed by atoms with van der Waals surface area (Å²) < 4.78 is 0. The van der Waals surface area contributed by atoms with E-state index in [0.717, 1.165) is 0 Å². The summed E-state index contributed by atoms with van der Waals surface area (Å²) in [6.45, 7) is 1.40. The molecule has 0 saturated carbocycles. The van der Waals surface area contributed by atoms with Crippen molar-refractivity contribution in [1.82, 2.24) is 20.7 Å². The highest BCUT2D eigenvalue weighted by atomic mass is 16.4. The van der Waals surface area contributed by atoms with Gasteiger partial charge in [0, 0.05) is 5.56 Å². The zero-order chi connectivity index (χ0) is 12.4. The van der Waals surface area contributed by atoms with Crippen molar-refractivity contribution in [2.75, 3.05) is 0 Å². The summed E-state index contributed by atoms with van der Waals surface area (Å²) in [5, 5.41) is 21.2. The third kappa shape index (κ3) is 2.22. The first-order chi connectivity index (χ1) is 8.08. The summed E-state index contributed by atoms with van der Waals surface area (Å²) in [6, 6.07) is 3.81. The molecule has 1 amide bonds. The average Bonchev–Trinajstić information content (AvgIpc) is 2.75. The van der Waals surface area contributed by atoms with Crippen LogP contribution in [0.25, 0.3) is 11.0 Å². The van der Waals surface area contributed by atoms with E-state index in [0.29, 0.717) is 16.6 Å². The number of rotatable bonds is 3. The van der Waals surface area contributed by atoms with Gasteiger partial charge in [-0.05, 0) is 25.1 Å². The quantitative estimate of drug-likeness (QED) is 0.701. The van der Waals surface area contributed by atoms with E-state index in [-0.39, 0.29) is 0 Å². The lowest BCUT2D eigenvalue weighted by Crippen LogP contribution is -2.38. The molecule has 17 heavy (non-hydrogen) atoms. The highest BCUT2D eigenvalue weighted by molar-refractivity contribution is 5.98. The second-order valence-electron chi connectivity index (χ2n) is 3.56. The van der Waals surface area contributed by atoms with Gasteiger partial charge in [-0.15, -0.1) is 0 Å². The van der Waals surface area contributed by atoms with Crippen LogP contribution in [0.4, 0.5) is 0 Å². The van der Waals surface area contributed by atoms with E-state index < -0.39 is 17.9 Å². The number of aromatic nitrogens is 3. The van der Waals surface area contributed by atoms with Gasteiger partial charge in [0.25, 0.3) is 5.91 Å². The van der Waals surface area contributed by atoms with Crippen LogP contribution < -0.4 is 5.32 Å². The van der Waals surface area contributed by atoms with Crippen molar-refractivity contribution in [1.29, 1.82) is 0 Å². The SMILES string of the molecule is C[C@@H](NC(=O)c1ccc2n[nH]nc2c1)C(=O)O.